The Morgan fingerprint density at radius 2 is 2.06 bits per heavy atom. The molecule has 1 aromatic carbocycles. The van der Waals surface area contributed by atoms with Gasteiger partial charge < -0.3 is 5.32 Å². The molecule has 2 aromatic rings. The molecule has 16 heavy (non-hydrogen) atoms. The van der Waals surface area contributed by atoms with Crippen molar-refractivity contribution < 1.29 is 0 Å². The number of rotatable bonds is 5. The number of aromatic nitrogens is 1. The minimum atomic E-state index is 0.880. The Balaban J connectivity index is 1.69. The highest BCUT2D eigenvalue weighted by atomic mass is 32.1. The first-order valence-electron chi connectivity index (χ1n) is 5.50. The Morgan fingerprint density at radius 1 is 1.25 bits per heavy atom. The van der Waals surface area contributed by atoms with Crippen LogP contribution in [-0.4, -0.2) is 11.5 Å². The maximum atomic E-state index is 4.41. The van der Waals surface area contributed by atoms with Gasteiger partial charge in [0.25, 0.3) is 0 Å². The van der Waals surface area contributed by atoms with Gasteiger partial charge in [-0.25, -0.2) is 4.98 Å². The van der Waals surface area contributed by atoms with Crippen LogP contribution in [0.4, 0.5) is 0 Å². The van der Waals surface area contributed by atoms with Crippen LogP contribution in [0.2, 0.25) is 0 Å². The maximum absolute atomic E-state index is 4.41. The summed E-state index contributed by atoms with van der Waals surface area (Å²) in [5.41, 5.74) is 2.50. The molecule has 2 nitrogen and oxygen atoms in total. The number of nitrogens with one attached hydrogen (secondary N) is 1. The number of nitrogens with zero attached hydrogens (tertiary/aromatic N) is 1. The van der Waals surface area contributed by atoms with Crippen LogP contribution in [0.5, 0.6) is 0 Å². The third kappa shape index (κ3) is 3.43. The van der Waals surface area contributed by atoms with Gasteiger partial charge in [-0.15, -0.1) is 11.3 Å². The minimum Gasteiger partial charge on any atom is -0.310 e. The van der Waals surface area contributed by atoms with Gasteiger partial charge in [0.15, 0.2) is 0 Å². The quantitative estimate of drug-likeness (QED) is 0.802. The molecule has 84 valence electrons. The zero-order valence-electron chi connectivity index (χ0n) is 9.44. The van der Waals surface area contributed by atoms with Crippen molar-refractivity contribution in [3.05, 3.63) is 52.0 Å². The fourth-order valence-electron chi connectivity index (χ4n) is 1.56. The van der Waals surface area contributed by atoms with Crippen LogP contribution in [0.1, 0.15) is 16.3 Å². The number of hydrogen-bond acceptors (Lipinski definition) is 3. The fraction of sp³-hybridized carbons (Fsp3) is 0.308. The Kier molecular flexibility index (Phi) is 4.08. The molecule has 0 aliphatic carbocycles. The molecule has 2 rings (SSSR count). The summed E-state index contributed by atoms with van der Waals surface area (Å²) < 4.78 is 0. The normalized spacial score (nSPS) is 10.6. The van der Waals surface area contributed by atoms with Gasteiger partial charge in [-0.1, -0.05) is 30.3 Å². The molecule has 0 spiro atoms. The van der Waals surface area contributed by atoms with E-state index in [0.717, 1.165) is 25.2 Å². The topological polar surface area (TPSA) is 24.9 Å². The third-order valence-electron chi connectivity index (χ3n) is 2.38. The highest BCUT2D eigenvalue weighted by Crippen LogP contribution is 2.07. The predicted molar refractivity (Wildman–Crippen MR) is 68.7 cm³/mol. The van der Waals surface area contributed by atoms with Gasteiger partial charge in [0.2, 0.25) is 0 Å². The Labute approximate surface area is 100 Å². The molecule has 1 heterocycles. The molecule has 3 heteroatoms. The van der Waals surface area contributed by atoms with Crippen LogP contribution in [0.25, 0.3) is 0 Å². The van der Waals surface area contributed by atoms with E-state index in [9.17, 15) is 0 Å². The molecule has 0 saturated heterocycles. The van der Waals surface area contributed by atoms with Crippen molar-refractivity contribution in [1.82, 2.24) is 10.3 Å². The zero-order valence-corrected chi connectivity index (χ0v) is 10.3. The summed E-state index contributed by atoms with van der Waals surface area (Å²) in [7, 11) is 0. The molecule has 0 amide bonds. The first-order chi connectivity index (χ1) is 7.84. The van der Waals surface area contributed by atoms with Gasteiger partial charge in [0.1, 0.15) is 5.01 Å². The first-order valence-corrected chi connectivity index (χ1v) is 6.38. The van der Waals surface area contributed by atoms with Gasteiger partial charge in [-0.3, -0.25) is 0 Å². The summed E-state index contributed by atoms with van der Waals surface area (Å²) in [5, 5.41) is 6.67. The molecular formula is C13H16N2S. The van der Waals surface area contributed by atoms with E-state index in [4.69, 9.17) is 0 Å². The van der Waals surface area contributed by atoms with Crippen molar-refractivity contribution in [2.45, 2.75) is 19.9 Å². The first kappa shape index (κ1) is 11.3. The van der Waals surface area contributed by atoms with Crippen molar-refractivity contribution in [2.75, 3.05) is 6.54 Å². The zero-order chi connectivity index (χ0) is 11.2. The molecule has 0 fully saturated rings. The molecular weight excluding hydrogens is 216 g/mol. The Morgan fingerprint density at radius 3 is 2.75 bits per heavy atom. The van der Waals surface area contributed by atoms with Crippen LogP contribution in [0, 0.1) is 6.92 Å². The Hall–Kier alpha value is -1.19. The van der Waals surface area contributed by atoms with E-state index in [0.29, 0.717) is 0 Å². The number of aryl methyl sites for hydroxylation is 1. The molecule has 0 aliphatic rings. The van der Waals surface area contributed by atoms with E-state index in [-0.39, 0.29) is 0 Å². The third-order valence-corrected chi connectivity index (χ3v) is 3.34. The molecule has 1 N–H and O–H groups in total. The van der Waals surface area contributed by atoms with Crippen LogP contribution in [0.15, 0.2) is 35.7 Å². The van der Waals surface area contributed by atoms with E-state index >= 15 is 0 Å². The van der Waals surface area contributed by atoms with Crippen molar-refractivity contribution in [2.24, 2.45) is 0 Å². The van der Waals surface area contributed by atoms with Crippen molar-refractivity contribution in [1.29, 1.82) is 0 Å². The van der Waals surface area contributed by atoms with E-state index in [1.165, 1.54) is 10.6 Å². The molecule has 0 unspecified atom stereocenters. The number of hydrogen-bond donors (Lipinski definition) is 1. The minimum absolute atomic E-state index is 0.880. The lowest BCUT2D eigenvalue weighted by Crippen LogP contribution is -2.16. The summed E-state index contributed by atoms with van der Waals surface area (Å²) in [6.45, 7) is 3.91. The Bertz CT molecular complexity index is 423. The van der Waals surface area contributed by atoms with Gasteiger partial charge in [0, 0.05) is 17.6 Å². The average Bonchev–Trinajstić information content (AvgIpc) is 2.72. The summed E-state index contributed by atoms with van der Waals surface area (Å²) in [4.78, 5) is 4.41. The summed E-state index contributed by atoms with van der Waals surface area (Å²) in [5.74, 6) is 0. The summed E-state index contributed by atoms with van der Waals surface area (Å²) >= 11 is 1.72. The van der Waals surface area contributed by atoms with Crippen LogP contribution in [0.3, 0.4) is 0 Å². The monoisotopic (exact) mass is 232 g/mol. The standard InChI is InChI=1S/C13H16N2S/c1-11-10-16-13(15-11)9-14-8-7-12-5-3-2-4-6-12/h2-6,10,14H,7-9H2,1H3. The molecule has 0 bridgehead atoms. The smallest absolute Gasteiger partial charge is 0.107 e. The van der Waals surface area contributed by atoms with Gasteiger partial charge in [-0.2, -0.15) is 0 Å². The lowest BCUT2D eigenvalue weighted by molar-refractivity contribution is 0.683. The summed E-state index contributed by atoms with van der Waals surface area (Å²) in [6.07, 6.45) is 1.07. The van der Waals surface area contributed by atoms with Gasteiger partial charge in [0.05, 0.1) is 0 Å². The highest BCUT2D eigenvalue weighted by Gasteiger charge is 1.97. The molecule has 0 aliphatic heterocycles. The molecule has 0 atom stereocenters. The maximum Gasteiger partial charge on any atom is 0.107 e. The second-order valence-electron chi connectivity index (χ2n) is 3.80. The number of benzene rings is 1. The lowest BCUT2D eigenvalue weighted by Gasteiger charge is -2.02. The van der Waals surface area contributed by atoms with E-state index < -0.39 is 0 Å². The predicted octanol–water partition coefficient (Wildman–Crippen LogP) is 2.78. The molecule has 0 radical (unpaired) electrons. The molecule has 0 saturated carbocycles. The van der Waals surface area contributed by atoms with E-state index in [1.807, 2.05) is 6.92 Å². The van der Waals surface area contributed by atoms with Crippen molar-refractivity contribution in [3.8, 4) is 0 Å². The van der Waals surface area contributed by atoms with Gasteiger partial charge in [-0.05, 0) is 25.5 Å². The second kappa shape index (κ2) is 5.77. The van der Waals surface area contributed by atoms with Crippen LogP contribution in [-0.2, 0) is 13.0 Å². The molecule has 1 aromatic heterocycles. The lowest BCUT2D eigenvalue weighted by atomic mass is 10.1. The highest BCUT2D eigenvalue weighted by molar-refractivity contribution is 7.09. The second-order valence-corrected chi connectivity index (χ2v) is 4.74. The van der Waals surface area contributed by atoms with Crippen LogP contribution >= 0.6 is 11.3 Å². The van der Waals surface area contributed by atoms with Crippen LogP contribution < -0.4 is 5.32 Å². The fourth-order valence-corrected chi connectivity index (χ4v) is 2.30. The van der Waals surface area contributed by atoms with E-state index in [1.54, 1.807) is 11.3 Å². The largest absolute Gasteiger partial charge is 0.310 e. The SMILES string of the molecule is Cc1csc(CNCCc2ccccc2)n1. The van der Waals surface area contributed by atoms with Crippen molar-refractivity contribution >= 4 is 11.3 Å². The summed E-state index contributed by atoms with van der Waals surface area (Å²) in [6, 6.07) is 10.5. The average molecular weight is 232 g/mol. The van der Waals surface area contributed by atoms with E-state index in [2.05, 4.69) is 46.0 Å². The van der Waals surface area contributed by atoms with Gasteiger partial charge >= 0.3 is 0 Å². The number of thiazole rings is 1. The van der Waals surface area contributed by atoms with Crippen molar-refractivity contribution in [3.63, 3.8) is 0 Å².